The highest BCUT2D eigenvalue weighted by molar-refractivity contribution is 7.92. The lowest BCUT2D eigenvalue weighted by Crippen LogP contribution is -2.53. The van der Waals surface area contributed by atoms with E-state index in [0.29, 0.717) is 17.7 Å². The lowest BCUT2D eigenvalue weighted by atomic mass is 10.1. The molecule has 3 rings (SSSR count). The lowest BCUT2D eigenvalue weighted by Gasteiger charge is -2.33. The molecule has 2 aromatic carbocycles. The fourth-order valence-electron chi connectivity index (χ4n) is 4.57. The van der Waals surface area contributed by atoms with Gasteiger partial charge in [0.2, 0.25) is 21.8 Å². The lowest BCUT2D eigenvalue weighted by molar-refractivity contribution is -0.140. The molecule has 1 aliphatic carbocycles. The van der Waals surface area contributed by atoms with Crippen LogP contribution in [-0.2, 0) is 26.2 Å². The first-order valence-electron chi connectivity index (χ1n) is 12.4. The average Bonchev–Trinajstić information content (AvgIpc) is 3.32. The Bertz CT molecular complexity index is 1180. The number of nitrogens with one attached hydrogen (secondary N) is 1. The number of aryl methyl sites for hydroxylation is 2. The number of benzene rings is 2. The summed E-state index contributed by atoms with van der Waals surface area (Å²) in [5.41, 5.74) is 2.94. The third-order valence-corrected chi connectivity index (χ3v) is 7.95. The number of rotatable bonds is 10. The van der Waals surface area contributed by atoms with Gasteiger partial charge in [-0.05, 0) is 74.1 Å². The number of hydrogen-bond donors (Lipinski definition) is 1. The van der Waals surface area contributed by atoms with Gasteiger partial charge in [-0.15, -0.1) is 0 Å². The summed E-state index contributed by atoms with van der Waals surface area (Å²) in [4.78, 5) is 28.4. The van der Waals surface area contributed by atoms with Crippen molar-refractivity contribution in [3.8, 4) is 0 Å². The summed E-state index contributed by atoms with van der Waals surface area (Å²) in [6, 6.07) is 10.2. The van der Waals surface area contributed by atoms with Crippen molar-refractivity contribution in [2.45, 2.75) is 71.5 Å². The van der Waals surface area contributed by atoms with Crippen LogP contribution in [0.2, 0.25) is 0 Å². The molecule has 1 unspecified atom stereocenters. The first-order valence-corrected chi connectivity index (χ1v) is 14.2. The molecule has 0 radical (unpaired) electrons. The van der Waals surface area contributed by atoms with Crippen LogP contribution in [0.1, 0.15) is 55.7 Å². The normalized spacial score (nSPS) is 14.9. The van der Waals surface area contributed by atoms with Crippen molar-refractivity contribution < 1.29 is 22.4 Å². The van der Waals surface area contributed by atoms with Crippen molar-refractivity contribution in [3.05, 3.63) is 65.0 Å². The van der Waals surface area contributed by atoms with Crippen LogP contribution in [0, 0.1) is 19.7 Å². The molecule has 2 amide bonds. The quantitative estimate of drug-likeness (QED) is 0.515. The summed E-state index contributed by atoms with van der Waals surface area (Å²) in [5.74, 6) is -1.16. The smallest absolute Gasteiger partial charge is 0.244 e. The molecular weight excluding hydrogens is 481 g/mol. The molecule has 1 atom stereocenters. The zero-order valence-electron chi connectivity index (χ0n) is 21.5. The second-order valence-corrected chi connectivity index (χ2v) is 11.5. The van der Waals surface area contributed by atoms with Crippen LogP contribution in [0.3, 0.4) is 0 Å². The van der Waals surface area contributed by atoms with E-state index in [2.05, 4.69) is 5.32 Å². The largest absolute Gasteiger partial charge is 0.352 e. The molecule has 36 heavy (non-hydrogen) atoms. The molecule has 196 valence electrons. The fourth-order valence-corrected chi connectivity index (χ4v) is 5.41. The van der Waals surface area contributed by atoms with Gasteiger partial charge in [0.1, 0.15) is 18.4 Å². The first-order chi connectivity index (χ1) is 17.0. The minimum atomic E-state index is -3.79. The maximum atomic E-state index is 13.7. The van der Waals surface area contributed by atoms with Crippen molar-refractivity contribution in [1.82, 2.24) is 10.2 Å². The van der Waals surface area contributed by atoms with Gasteiger partial charge in [-0.2, -0.15) is 0 Å². The predicted molar refractivity (Wildman–Crippen MR) is 140 cm³/mol. The molecule has 0 aromatic heterocycles. The highest BCUT2D eigenvalue weighted by atomic mass is 32.2. The van der Waals surface area contributed by atoms with Gasteiger partial charge >= 0.3 is 0 Å². The summed E-state index contributed by atoms with van der Waals surface area (Å²) in [6.07, 6.45) is 5.34. The van der Waals surface area contributed by atoms with Gasteiger partial charge in [0.15, 0.2) is 0 Å². The molecule has 9 heteroatoms. The molecule has 1 saturated carbocycles. The van der Waals surface area contributed by atoms with Gasteiger partial charge in [0.25, 0.3) is 0 Å². The molecule has 1 aliphatic rings. The van der Waals surface area contributed by atoms with Crippen LogP contribution >= 0.6 is 0 Å². The zero-order valence-corrected chi connectivity index (χ0v) is 22.3. The number of amides is 2. The number of nitrogens with zero attached hydrogens (tertiary/aromatic N) is 2. The standard InChI is InChI=1S/C27H36FN3O4S/c1-5-25(27(33)29-23-8-6-7-9-23)30(17-21-11-13-22(28)14-12-21)26(32)18-31(36(4,34)35)24-15-10-19(2)20(3)16-24/h10-16,23,25H,5-9,17-18H2,1-4H3,(H,29,33). The molecule has 7 nitrogen and oxygen atoms in total. The van der Waals surface area contributed by atoms with Crippen LogP contribution in [0.4, 0.5) is 10.1 Å². The Kier molecular flexibility index (Phi) is 9.11. The molecule has 1 N–H and O–H groups in total. The Balaban J connectivity index is 1.92. The van der Waals surface area contributed by atoms with Gasteiger partial charge in [-0.3, -0.25) is 13.9 Å². The molecule has 1 fully saturated rings. The fraction of sp³-hybridized carbons (Fsp3) is 0.481. The van der Waals surface area contributed by atoms with Crippen molar-refractivity contribution >= 4 is 27.5 Å². The van der Waals surface area contributed by atoms with Crippen molar-refractivity contribution in [1.29, 1.82) is 0 Å². The maximum absolute atomic E-state index is 13.7. The number of halogens is 1. The molecule has 2 aromatic rings. The van der Waals surface area contributed by atoms with E-state index >= 15 is 0 Å². The second kappa shape index (κ2) is 11.9. The molecule has 0 bridgehead atoms. The van der Waals surface area contributed by atoms with Crippen LogP contribution in [0.25, 0.3) is 0 Å². The van der Waals surface area contributed by atoms with Gasteiger partial charge in [0.05, 0.1) is 11.9 Å². The Morgan fingerprint density at radius 2 is 1.69 bits per heavy atom. The molecule has 0 saturated heterocycles. The second-order valence-electron chi connectivity index (χ2n) is 9.60. The minimum Gasteiger partial charge on any atom is -0.352 e. The van der Waals surface area contributed by atoms with Crippen LogP contribution in [-0.4, -0.2) is 50.0 Å². The number of anilines is 1. The van der Waals surface area contributed by atoms with Crippen molar-refractivity contribution in [2.75, 3.05) is 17.1 Å². The van der Waals surface area contributed by atoms with E-state index < -0.39 is 34.3 Å². The third kappa shape index (κ3) is 7.06. The summed E-state index contributed by atoms with van der Waals surface area (Å²) in [6.45, 7) is 5.23. The van der Waals surface area contributed by atoms with Gasteiger partial charge in [0, 0.05) is 12.6 Å². The third-order valence-electron chi connectivity index (χ3n) is 6.81. The van der Waals surface area contributed by atoms with Gasteiger partial charge in [-0.1, -0.05) is 38.0 Å². The summed E-state index contributed by atoms with van der Waals surface area (Å²) in [7, 11) is -3.79. The van der Waals surface area contributed by atoms with Gasteiger partial charge in [-0.25, -0.2) is 12.8 Å². The Hall–Kier alpha value is -2.94. The number of carbonyl (C=O) groups excluding carboxylic acids is 2. The zero-order chi connectivity index (χ0) is 26.5. The van der Waals surface area contributed by atoms with Crippen molar-refractivity contribution in [3.63, 3.8) is 0 Å². The Morgan fingerprint density at radius 1 is 1.06 bits per heavy atom. The Morgan fingerprint density at radius 3 is 2.25 bits per heavy atom. The van der Waals surface area contributed by atoms with E-state index in [-0.39, 0.29) is 18.5 Å². The molecule has 0 aliphatic heterocycles. The monoisotopic (exact) mass is 517 g/mol. The van der Waals surface area contributed by atoms with Crippen LogP contribution in [0.15, 0.2) is 42.5 Å². The van der Waals surface area contributed by atoms with E-state index in [1.54, 1.807) is 24.3 Å². The number of hydrogen-bond acceptors (Lipinski definition) is 4. The van der Waals surface area contributed by atoms with E-state index in [1.165, 1.54) is 17.0 Å². The highest BCUT2D eigenvalue weighted by Crippen LogP contribution is 2.23. The summed E-state index contributed by atoms with van der Waals surface area (Å²) in [5, 5.41) is 3.06. The van der Waals surface area contributed by atoms with Crippen LogP contribution in [0.5, 0.6) is 0 Å². The molecule has 0 spiro atoms. The van der Waals surface area contributed by atoms with Crippen LogP contribution < -0.4 is 9.62 Å². The Labute approximate surface area is 213 Å². The molecular formula is C27H36FN3O4S. The summed E-state index contributed by atoms with van der Waals surface area (Å²) >= 11 is 0. The first kappa shape index (κ1) is 27.6. The molecule has 0 heterocycles. The topological polar surface area (TPSA) is 86.8 Å². The van der Waals surface area contributed by atoms with E-state index in [1.807, 2.05) is 26.8 Å². The van der Waals surface area contributed by atoms with E-state index in [9.17, 15) is 22.4 Å². The van der Waals surface area contributed by atoms with E-state index in [0.717, 1.165) is 47.4 Å². The highest BCUT2D eigenvalue weighted by Gasteiger charge is 2.33. The number of carbonyl (C=O) groups is 2. The summed E-state index contributed by atoms with van der Waals surface area (Å²) < 4.78 is 40.0. The van der Waals surface area contributed by atoms with E-state index in [4.69, 9.17) is 0 Å². The predicted octanol–water partition coefficient (Wildman–Crippen LogP) is 4.07. The van der Waals surface area contributed by atoms with Gasteiger partial charge < -0.3 is 10.2 Å². The SMILES string of the molecule is CCC(C(=O)NC1CCCC1)N(Cc1ccc(F)cc1)C(=O)CN(c1ccc(C)c(C)c1)S(C)(=O)=O. The minimum absolute atomic E-state index is 0.0558. The number of sulfonamides is 1. The maximum Gasteiger partial charge on any atom is 0.244 e. The average molecular weight is 518 g/mol. The van der Waals surface area contributed by atoms with Crippen molar-refractivity contribution in [2.24, 2.45) is 0 Å².